The minimum Gasteiger partial charge on any atom is -0.459 e. The zero-order valence-corrected chi connectivity index (χ0v) is 16.9. The molecule has 1 N–H and O–H groups in total. The third-order valence-corrected chi connectivity index (χ3v) is 5.48. The molecular formula is C23H21N3O5. The standard InChI is InChI=1S/C23H21N3O5/c1-23(26-13-7-12-19(27)24-22(26)30)17-10-5-6-11-18(17)25(21(23)29)14-20(28)31-15-16-8-3-2-4-9-16/h2-12H,13-15H2,1H3,(H,24,27,30). The SMILES string of the molecule is CC1(N2CC=CC(=O)NC2=O)C(=O)N(CC(=O)OCc2ccccc2)c2ccccc21. The van der Waals surface area contributed by atoms with Crippen LogP contribution in [0.5, 0.6) is 0 Å². The van der Waals surface area contributed by atoms with E-state index in [1.165, 1.54) is 22.0 Å². The van der Waals surface area contributed by atoms with Crippen molar-refractivity contribution < 1.29 is 23.9 Å². The van der Waals surface area contributed by atoms with Gasteiger partial charge in [-0.1, -0.05) is 54.6 Å². The smallest absolute Gasteiger partial charge is 0.326 e. The van der Waals surface area contributed by atoms with Crippen LogP contribution in [0.3, 0.4) is 0 Å². The number of amides is 4. The lowest BCUT2D eigenvalue weighted by atomic mass is 9.91. The van der Waals surface area contributed by atoms with Crippen molar-refractivity contribution in [3.8, 4) is 0 Å². The maximum Gasteiger partial charge on any atom is 0.326 e. The predicted molar refractivity (Wildman–Crippen MR) is 112 cm³/mol. The number of anilines is 1. The number of hydrogen-bond donors (Lipinski definition) is 1. The normalized spacial score (nSPS) is 20.4. The lowest BCUT2D eigenvalue weighted by molar-refractivity contribution is -0.144. The maximum atomic E-state index is 13.5. The van der Waals surface area contributed by atoms with E-state index in [2.05, 4.69) is 5.32 Å². The molecule has 4 amide bonds. The number of carbonyl (C=O) groups excluding carboxylic acids is 4. The van der Waals surface area contributed by atoms with Crippen molar-refractivity contribution in [2.75, 3.05) is 18.0 Å². The van der Waals surface area contributed by atoms with Crippen LogP contribution in [0.2, 0.25) is 0 Å². The Kier molecular flexibility index (Phi) is 5.29. The Balaban J connectivity index is 1.58. The van der Waals surface area contributed by atoms with E-state index in [4.69, 9.17) is 4.74 Å². The number of urea groups is 1. The number of esters is 1. The molecule has 0 aliphatic carbocycles. The second-order valence-corrected chi connectivity index (χ2v) is 7.43. The van der Waals surface area contributed by atoms with E-state index >= 15 is 0 Å². The number of carbonyl (C=O) groups is 4. The summed E-state index contributed by atoms with van der Waals surface area (Å²) < 4.78 is 5.34. The first kappa shape index (κ1) is 20.3. The number of nitrogens with zero attached hydrogens (tertiary/aromatic N) is 2. The zero-order chi connectivity index (χ0) is 22.0. The Morgan fingerprint density at radius 2 is 1.77 bits per heavy atom. The summed E-state index contributed by atoms with van der Waals surface area (Å²) in [6.45, 7) is 1.50. The van der Waals surface area contributed by atoms with Crippen LogP contribution >= 0.6 is 0 Å². The first-order valence-electron chi connectivity index (χ1n) is 9.81. The highest BCUT2D eigenvalue weighted by Gasteiger charge is 2.53. The summed E-state index contributed by atoms with van der Waals surface area (Å²) in [4.78, 5) is 53.0. The molecule has 0 radical (unpaired) electrons. The lowest BCUT2D eigenvalue weighted by Gasteiger charge is -2.35. The topological polar surface area (TPSA) is 96.0 Å². The van der Waals surface area contributed by atoms with Crippen molar-refractivity contribution in [2.45, 2.75) is 19.1 Å². The van der Waals surface area contributed by atoms with Crippen LogP contribution < -0.4 is 10.2 Å². The van der Waals surface area contributed by atoms with Gasteiger partial charge in [-0.15, -0.1) is 0 Å². The van der Waals surface area contributed by atoms with Crippen LogP contribution in [0, 0.1) is 0 Å². The zero-order valence-electron chi connectivity index (χ0n) is 16.9. The monoisotopic (exact) mass is 419 g/mol. The summed E-state index contributed by atoms with van der Waals surface area (Å²) in [5, 5.41) is 2.24. The van der Waals surface area contributed by atoms with Crippen LogP contribution in [-0.2, 0) is 31.3 Å². The van der Waals surface area contributed by atoms with E-state index in [0.29, 0.717) is 11.3 Å². The Labute approximate surface area is 179 Å². The van der Waals surface area contributed by atoms with Gasteiger partial charge in [-0.3, -0.25) is 24.6 Å². The fourth-order valence-corrected chi connectivity index (χ4v) is 3.89. The van der Waals surface area contributed by atoms with Crippen LogP contribution in [-0.4, -0.2) is 41.8 Å². The molecule has 8 nitrogen and oxygen atoms in total. The summed E-state index contributed by atoms with van der Waals surface area (Å²) in [7, 11) is 0. The van der Waals surface area contributed by atoms with Crippen molar-refractivity contribution in [1.29, 1.82) is 0 Å². The second kappa shape index (κ2) is 8.06. The molecule has 0 saturated carbocycles. The van der Waals surface area contributed by atoms with Crippen molar-refractivity contribution >= 4 is 29.5 Å². The molecule has 158 valence electrons. The summed E-state index contributed by atoms with van der Waals surface area (Å²) in [5.41, 5.74) is 0.564. The number of nitrogens with one attached hydrogen (secondary N) is 1. The lowest BCUT2D eigenvalue weighted by Crippen LogP contribution is -2.56. The molecule has 0 bridgehead atoms. The van der Waals surface area contributed by atoms with Gasteiger partial charge in [0.15, 0.2) is 0 Å². The van der Waals surface area contributed by atoms with Gasteiger partial charge in [-0.25, -0.2) is 4.79 Å². The third-order valence-electron chi connectivity index (χ3n) is 5.48. The minimum absolute atomic E-state index is 0.0699. The number of hydrogen-bond acceptors (Lipinski definition) is 5. The minimum atomic E-state index is -1.38. The number of benzene rings is 2. The fourth-order valence-electron chi connectivity index (χ4n) is 3.89. The molecule has 2 heterocycles. The average Bonchev–Trinajstić information content (AvgIpc) is 2.88. The van der Waals surface area contributed by atoms with Gasteiger partial charge in [0.1, 0.15) is 18.7 Å². The Hall–Kier alpha value is -3.94. The molecule has 31 heavy (non-hydrogen) atoms. The van der Waals surface area contributed by atoms with Crippen molar-refractivity contribution in [1.82, 2.24) is 10.2 Å². The van der Waals surface area contributed by atoms with E-state index in [1.807, 2.05) is 30.3 Å². The van der Waals surface area contributed by atoms with E-state index in [-0.39, 0.29) is 19.7 Å². The predicted octanol–water partition coefficient (Wildman–Crippen LogP) is 2.10. The number of rotatable bonds is 5. The Morgan fingerprint density at radius 1 is 1.06 bits per heavy atom. The van der Waals surface area contributed by atoms with Crippen molar-refractivity contribution in [2.24, 2.45) is 0 Å². The van der Waals surface area contributed by atoms with Crippen LogP contribution in [0.25, 0.3) is 0 Å². The summed E-state index contributed by atoms with van der Waals surface area (Å²) in [5.74, 6) is -1.55. The molecule has 1 atom stereocenters. The quantitative estimate of drug-likeness (QED) is 0.749. The van der Waals surface area contributed by atoms with Crippen LogP contribution in [0.4, 0.5) is 10.5 Å². The van der Waals surface area contributed by atoms with E-state index in [9.17, 15) is 19.2 Å². The van der Waals surface area contributed by atoms with Crippen molar-refractivity contribution in [3.63, 3.8) is 0 Å². The van der Waals surface area contributed by atoms with Gasteiger partial charge >= 0.3 is 12.0 Å². The van der Waals surface area contributed by atoms with Gasteiger partial charge in [0, 0.05) is 18.2 Å². The molecule has 1 unspecified atom stereocenters. The van der Waals surface area contributed by atoms with Crippen LogP contribution in [0.1, 0.15) is 18.1 Å². The third kappa shape index (κ3) is 3.68. The van der Waals surface area contributed by atoms with Gasteiger partial charge in [-0.2, -0.15) is 0 Å². The van der Waals surface area contributed by atoms with E-state index in [0.717, 1.165) is 5.56 Å². The number of ether oxygens (including phenoxy) is 1. The summed E-state index contributed by atoms with van der Waals surface area (Å²) in [6.07, 6.45) is 2.78. The van der Waals surface area contributed by atoms with Crippen LogP contribution in [0.15, 0.2) is 66.7 Å². The molecule has 2 aliphatic rings. The highest BCUT2D eigenvalue weighted by atomic mass is 16.5. The summed E-state index contributed by atoms with van der Waals surface area (Å²) >= 11 is 0. The fraction of sp³-hybridized carbons (Fsp3) is 0.217. The van der Waals surface area contributed by atoms with Gasteiger partial charge in [0.05, 0.1) is 5.69 Å². The molecule has 4 rings (SSSR count). The molecule has 0 fully saturated rings. The summed E-state index contributed by atoms with van der Waals surface area (Å²) in [6, 6.07) is 15.6. The molecule has 0 aromatic heterocycles. The molecule has 0 spiro atoms. The van der Waals surface area contributed by atoms with Crippen molar-refractivity contribution in [3.05, 3.63) is 77.9 Å². The van der Waals surface area contributed by atoms with Gasteiger partial charge in [-0.05, 0) is 18.6 Å². The highest BCUT2D eigenvalue weighted by molar-refractivity contribution is 6.12. The molecule has 8 heteroatoms. The largest absolute Gasteiger partial charge is 0.459 e. The van der Waals surface area contributed by atoms with Gasteiger partial charge in [0.25, 0.3) is 11.8 Å². The number of para-hydroxylation sites is 1. The maximum absolute atomic E-state index is 13.5. The molecule has 2 aliphatic heterocycles. The Bertz CT molecular complexity index is 1080. The average molecular weight is 419 g/mol. The first-order chi connectivity index (χ1) is 14.9. The Morgan fingerprint density at radius 3 is 2.55 bits per heavy atom. The number of imide groups is 1. The molecule has 0 saturated heterocycles. The van der Waals surface area contributed by atoms with E-state index in [1.54, 1.807) is 31.2 Å². The van der Waals surface area contributed by atoms with Gasteiger partial charge < -0.3 is 9.64 Å². The van der Waals surface area contributed by atoms with E-state index < -0.39 is 29.4 Å². The number of fused-ring (bicyclic) bond motifs is 1. The molecule has 2 aromatic carbocycles. The molecular weight excluding hydrogens is 398 g/mol. The van der Waals surface area contributed by atoms with Gasteiger partial charge in [0.2, 0.25) is 0 Å². The highest BCUT2D eigenvalue weighted by Crippen LogP contribution is 2.44. The second-order valence-electron chi connectivity index (χ2n) is 7.43. The molecule has 2 aromatic rings. The first-order valence-corrected chi connectivity index (χ1v) is 9.81.